The Morgan fingerprint density at radius 2 is 1.80 bits per heavy atom. The average molecular weight is 468 g/mol. The Labute approximate surface area is 186 Å². The van der Waals surface area contributed by atoms with Crippen molar-refractivity contribution in [2.75, 3.05) is 19.6 Å². The van der Waals surface area contributed by atoms with Crippen molar-refractivity contribution in [1.82, 2.24) is 14.5 Å². The van der Waals surface area contributed by atoms with Crippen LogP contribution in [0.1, 0.15) is 31.2 Å². The number of nitrogens with one attached hydrogen (secondary N) is 1. The Hall–Kier alpha value is -1.45. The van der Waals surface area contributed by atoms with E-state index in [0.717, 1.165) is 43.8 Å². The van der Waals surface area contributed by atoms with Crippen molar-refractivity contribution in [1.29, 1.82) is 0 Å². The van der Waals surface area contributed by atoms with Gasteiger partial charge in [-0.25, -0.2) is 8.42 Å². The molecule has 6 nitrogen and oxygen atoms in total. The summed E-state index contributed by atoms with van der Waals surface area (Å²) in [6, 6.07) is 12.9. The molecular formula is C21H26ClN3O3S2. The topological polar surface area (TPSA) is 69.7 Å². The Morgan fingerprint density at radius 3 is 2.47 bits per heavy atom. The monoisotopic (exact) mass is 467 g/mol. The Balaban J connectivity index is 1.32. The molecular weight excluding hydrogens is 442 g/mol. The lowest BCUT2D eigenvalue weighted by molar-refractivity contribution is -0.125. The number of benzene rings is 1. The molecule has 2 saturated heterocycles. The van der Waals surface area contributed by atoms with Crippen molar-refractivity contribution in [3.05, 3.63) is 52.4 Å². The summed E-state index contributed by atoms with van der Waals surface area (Å²) in [7, 11) is -3.70. The van der Waals surface area contributed by atoms with Gasteiger partial charge in [0.2, 0.25) is 5.91 Å². The van der Waals surface area contributed by atoms with Crippen molar-refractivity contribution >= 4 is 38.9 Å². The lowest BCUT2D eigenvalue weighted by Crippen LogP contribution is -2.51. The lowest BCUT2D eigenvalue weighted by Gasteiger charge is -2.33. The molecule has 0 saturated carbocycles. The first-order valence-electron chi connectivity index (χ1n) is 10.3. The van der Waals surface area contributed by atoms with Crippen molar-refractivity contribution in [3.63, 3.8) is 0 Å². The van der Waals surface area contributed by atoms with Crippen LogP contribution in [-0.4, -0.2) is 55.2 Å². The number of hydrogen-bond donors (Lipinski definition) is 1. The number of hydrogen-bond acceptors (Lipinski definition) is 5. The molecule has 2 aliphatic rings. The summed E-state index contributed by atoms with van der Waals surface area (Å²) in [5, 5.41) is 3.11. The summed E-state index contributed by atoms with van der Waals surface area (Å²) < 4.78 is 27.9. The average Bonchev–Trinajstić information content (AvgIpc) is 3.40. The van der Waals surface area contributed by atoms with Crippen LogP contribution in [0.5, 0.6) is 0 Å². The highest BCUT2D eigenvalue weighted by Crippen LogP contribution is 2.32. The fraction of sp³-hybridized carbons (Fsp3) is 0.476. The highest BCUT2D eigenvalue weighted by Gasteiger charge is 2.40. The van der Waals surface area contributed by atoms with Crippen molar-refractivity contribution in [3.8, 4) is 0 Å². The van der Waals surface area contributed by atoms with E-state index in [1.54, 1.807) is 6.07 Å². The van der Waals surface area contributed by atoms with Crippen LogP contribution in [-0.2, 0) is 21.4 Å². The second kappa shape index (κ2) is 9.36. The minimum absolute atomic E-state index is 0.0888. The summed E-state index contributed by atoms with van der Waals surface area (Å²) in [5.41, 5.74) is 1.29. The van der Waals surface area contributed by atoms with E-state index in [4.69, 9.17) is 11.6 Å². The molecule has 1 unspecified atom stereocenters. The second-order valence-corrected chi connectivity index (χ2v) is 11.7. The number of carbonyl (C=O) groups excluding carboxylic acids is 1. The normalized spacial score (nSPS) is 21.7. The van der Waals surface area contributed by atoms with E-state index in [-0.39, 0.29) is 16.2 Å². The number of sulfonamides is 1. The molecule has 1 amide bonds. The molecule has 1 N–H and O–H groups in total. The summed E-state index contributed by atoms with van der Waals surface area (Å²) in [5.74, 6) is -0.180. The van der Waals surface area contributed by atoms with Crippen LogP contribution in [0, 0.1) is 0 Å². The predicted octanol–water partition coefficient (Wildman–Crippen LogP) is 3.34. The van der Waals surface area contributed by atoms with Crippen LogP contribution in [0.2, 0.25) is 4.34 Å². The largest absolute Gasteiger partial charge is 0.352 e. The van der Waals surface area contributed by atoms with Crippen LogP contribution < -0.4 is 5.32 Å². The van der Waals surface area contributed by atoms with Gasteiger partial charge in [-0.3, -0.25) is 9.69 Å². The van der Waals surface area contributed by atoms with E-state index in [1.807, 2.05) is 18.2 Å². The van der Waals surface area contributed by atoms with Gasteiger partial charge in [0.25, 0.3) is 10.0 Å². The molecule has 30 heavy (non-hydrogen) atoms. The number of halogens is 1. The smallest absolute Gasteiger partial charge is 0.253 e. The molecule has 1 atom stereocenters. The summed E-state index contributed by atoms with van der Waals surface area (Å²) in [6.45, 7) is 3.12. The van der Waals surface area contributed by atoms with E-state index in [9.17, 15) is 13.2 Å². The third-order valence-corrected chi connectivity index (χ3v) is 9.41. The predicted molar refractivity (Wildman–Crippen MR) is 119 cm³/mol. The first-order chi connectivity index (χ1) is 14.4. The third kappa shape index (κ3) is 4.89. The maximum Gasteiger partial charge on any atom is 0.253 e. The first kappa shape index (κ1) is 21.8. The van der Waals surface area contributed by atoms with Crippen molar-refractivity contribution < 1.29 is 13.2 Å². The molecule has 3 heterocycles. The van der Waals surface area contributed by atoms with Gasteiger partial charge < -0.3 is 5.32 Å². The van der Waals surface area contributed by atoms with Crippen molar-refractivity contribution in [2.24, 2.45) is 0 Å². The highest BCUT2D eigenvalue weighted by molar-refractivity contribution is 7.91. The number of carbonyl (C=O) groups is 1. The molecule has 162 valence electrons. The van der Waals surface area contributed by atoms with Crippen LogP contribution >= 0.6 is 22.9 Å². The van der Waals surface area contributed by atoms with E-state index < -0.39 is 16.1 Å². The number of rotatable bonds is 6. The minimum atomic E-state index is -3.70. The van der Waals surface area contributed by atoms with E-state index in [0.29, 0.717) is 23.7 Å². The van der Waals surface area contributed by atoms with E-state index in [2.05, 4.69) is 22.3 Å². The van der Waals surface area contributed by atoms with Crippen LogP contribution in [0.4, 0.5) is 0 Å². The molecule has 0 bridgehead atoms. The van der Waals surface area contributed by atoms with Crippen LogP contribution in [0.15, 0.2) is 46.7 Å². The molecule has 9 heteroatoms. The Bertz CT molecular complexity index is 972. The number of thiophene rings is 1. The zero-order valence-electron chi connectivity index (χ0n) is 16.7. The fourth-order valence-electron chi connectivity index (χ4n) is 4.22. The number of likely N-dealkylation sites (tertiary alicyclic amines) is 1. The summed E-state index contributed by atoms with van der Waals surface area (Å²) in [6.07, 6.45) is 2.99. The number of piperidine rings is 1. The molecule has 2 aromatic rings. The van der Waals surface area contributed by atoms with Crippen LogP contribution in [0.25, 0.3) is 0 Å². The SMILES string of the molecule is O=C(NC1CCN(Cc2ccccc2)CC1)C1CCCN1S(=O)(=O)c1ccc(Cl)s1. The number of nitrogens with zero attached hydrogens (tertiary/aromatic N) is 2. The highest BCUT2D eigenvalue weighted by atomic mass is 35.5. The zero-order chi connectivity index (χ0) is 21.1. The quantitative estimate of drug-likeness (QED) is 0.707. The molecule has 4 rings (SSSR count). The minimum Gasteiger partial charge on any atom is -0.352 e. The van der Waals surface area contributed by atoms with Crippen LogP contribution in [0.3, 0.4) is 0 Å². The van der Waals surface area contributed by atoms with Gasteiger partial charge >= 0.3 is 0 Å². The maximum absolute atomic E-state index is 13.0. The standard InChI is InChI=1S/C21H26ClN3O3S2/c22-19-8-9-20(29-19)30(27,28)25-12-4-7-18(25)21(26)23-17-10-13-24(14-11-17)15-16-5-2-1-3-6-16/h1-3,5-6,8-9,17-18H,4,7,10-15H2,(H,23,26). The lowest BCUT2D eigenvalue weighted by atomic mass is 10.0. The third-order valence-electron chi connectivity index (χ3n) is 5.80. The van der Waals surface area contributed by atoms with E-state index in [1.165, 1.54) is 15.9 Å². The van der Waals surface area contributed by atoms with E-state index >= 15 is 0 Å². The molecule has 1 aromatic heterocycles. The molecule has 0 radical (unpaired) electrons. The van der Waals surface area contributed by atoms with Gasteiger partial charge in [0.15, 0.2) is 0 Å². The van der Waals surface area contributed by atoms with Crippen molar-refractivity contribution in [2.45, 2.75) is 48.5 Å². The molecule has 1 aromatic carbocycles. The molecule has 2 fully saturated rings. The van der Waals surface area contributed by atoms with Gasteiger partial charge in [-0.2, -0.15) is 4.31 Å². The van der Waals surface area contributed by atoms with Gasteiger partial charge in [-0.05, 0) is 43.4 Å². The molecule has 2 aliphatic heterocycles. The molecule has 0 aliphatic carbocycles. The van der Waals surface area contributed by atoms with Gasteiger partial charge in [-0.1, -0.05) is 41.9 Å². The number of amides is 1. The maximum atomic E-state index is 13.0. The van der Waals surface area contributed by atoms with Gasteiger partial charge in [-0.15, -0.1) is 11.3 Å². The Kier molecular flexibility index (Phi) is 6.79. The second-order valence-electron chi connectivity index (χ2n) is 7.88. The molecule has 0 spiro atoms. The summed E-state index contributed by atoms with van der Waals surface area (Å²) >= 11 is 6.95. The first-order valence-corrected chi connectivity index (χ1v) is 12.9. The van der Waals surface area contributed by atoms with Gasteiger partial charge in [0.05, 0.1) is 4.34 Å². The van der Waals surface area contributed by atoms with Gasteiger partial charge in [0.1, 0.15) is 10.3 Å². The fourth-order valence-corrected chi connectivity index (χ4v) is 7.48. The Morgan fingerprint density at radius 1 is 1.07 bits per heavy atom. The zero-order valence-corrected chi connectivity index (χ0v) is 19.1. The van der Waals surface area contributed by atoms with Gasteiger partial charge in [0, 0.05) is 32.2 Å². The summed E-state index contributed by atoms with van der Waals surface area (Å²) in [4.78, 5) is 15.3.